The van der Waals surface area contributed by atoms with Crippen LogP contribution in [0.25, 0.3) is 0 Å². The van der Waals surface area contributed by atoms with Crippen molar-refractivity contribution in [3.05, 3.63) is 35.1 Å². The molecule has 0 aliphatic carbocycles. The number of nitrogens with zero attached hydrogens (tertiary/aromatic N) is 1. The second-order valence-electron chi connectivity index (χ2n) is 4.40. The monoisotopic (exact) mass is 282 g/mol. The van der Waals surface area contributed by atoms with Crippen LogP contribution in [0.1, 0.15) is 30.5 Å². The normalized spacial score (nSPS) is 13.8. The molecule has 1 aromatic carbocycles. The number of nitriles is 1. The van der Waals surface area contributed by atoms with E-state index < -0.39 is 0 Å². The minimum atomic E-state index is -0.388. The van der Waals surface area contributed by atoms with Crippen molar-refractivity contribution < 1.29 is 9.50 Å². The van der Waals surface area contributed by atoms with E-state index in [2.05, 4.69) is 5.32 Å². The van der Waals surface area contributed by atoms with Crippen molar-refractivity contribution in [1.82, 2.24) is 5.32 Å². The number of halogens is 1. The highest BCUT2D eigenvalue weighted by atomic mass is 32.2. The van der Waals surface area contributed by atoms with E-state index in [-0.39, 0.29) is 24.5 Å². The lowest BCUT2D eigenvalue weighted by atomic mass is 10.0. The zero-order valence-corrected chi connectivity index (χ0v) is 12.0. The third-order valence-electron chi connectivity index (χ3n) is 2.97. The van der Waals surface area contributed by atoms with E-state index >= 15 is 0 Å². The molecule has 104 valence electrons. The van der Waals surface area contributed by atoms with Crippen LogP contribution in [0.15, 0.2) is 18.2 Å². The predicted molar refractivity (Wildman–Crippen MR) is 76.5 cm³/mol. The van der Waals surface area contributed by atoms with Gasteiger partial charge < -0.3 is 10.4 Å². The summed E-state index contributed by atoms with van der Waals surface area (Å²) in [5.41, 5.74) is 0.830. The van der Waals surface area contributed by atoms with Gasteiger partial charge in [0.25, 0.3) is 0 Å². The Bertz CT molecular complexity index is 448. The van der Waals surface area contributed by atoms with Crippen molar-refractivity contribution in [2.24, 2.45) is 0 Å². The average molecular weight is 282 g/mol. The highest BCUT2D eigenvalue weighted by Gasteiger charge is 2.15. The van der Waals surface area contributed by atoms with E-state index in [4.69, 9.17) is 5.26 Å². The first-order valence-electron chi connectivity index (χ1n) is 6.17. The summed E-state index contributed by atoms with van der Waals surface area (Å²) < 4.78 is 13.8. The van der Waals surface area contributed by atoms with Crippen LogP contribution in [0.5, 0.6) is 0 Å². The number of hydrogen-bond donors (Lipinski definition) is 2. The third-order valence-corrected chi connectivity index (χ3v) is 3.62. The van der Waals surface area contributed by atoms with E-state index in [0.29, 0.717) is 11.1 Å². The summed E-state index contributed by atoms with van der Waals surface area (Å²) in [4.78, 5) is 0. The molecule has 2 unspecified atom stereocenters. The summed E-state index contributed by atoms with van der Waals surface area (Å²) in [6, 6.07) is 6.13. The largest absolute Gasteiger partial charge is 0.395 e. The first kappa shape index (κ1) is 16.0. The van der Waals surface area contributed by atoms with Crippen molar-refractivity contribution >= 4 is 11.8 Å². The Morgan fingerprint density at radius 1 is 1.53 bits per heavy atom. The van der Waals surface area contributed by atoms with E-state index in [1.165, 1.54) is 6.07 Å². The molecule has 0 spiro atoms. The lowest BCUT2D eigenvalue weighted by Gasteiger charge is -2.22. The number of rotatable bonds is 7. The maximum absolute atomic E-state index is 13.8. The van der Waals surface area contributed by atoms with Gasteiger partial charge in [-0.3, -0.25) is 0 Å². The van der Waals surface area contributed by atoms with Gasteiger partial charge in [0.2, 0.25) is 0 Å². The van der Waals surface area contributed by atoms with E-state index in [1.807, 2.05) is 19.2 Å². The van der Waals surface area contributed by atoms with Gasteiger partial charge in [-0.1, -0.05) is 6.07 Å². The predicted octanol–water partition coefficient (Wildman–Crippen LogP) is 2.46. The molecule has 5 heteroatoms. The molecule has 3 nitrogen and oxygen atoms in total. The molecule has 2 atom stereocenters. The van der Waals surface area contributed by atoms with Gasteiger partial charge in [-0.25, -0.2) is 4.39 Å². The molecular weight excluding hydrogens is 263 g/mol. The smallest absolute Gasteiger partial charge is 0.129 e. The molecule has 0 aromatic heterocycles. The van der Waals surface area contributed by atoms with Gasteiger partial charge in [0.05, 0.1) is 18.2 Å². The second-order valence-corrected chi connectivity index (χ2v) is 5.38. The molecule has 0 bridgehead atoms. The Morgan fingerprint density at radius 3 is 2.79 bits per heavy atom. The van der Waals surface area contributed by atoms with E-state index in [9.17, 15) is 9.50 Å². The van der Waals surface area contributed by atoms with Crippen molar-refractivity contribution in [1.29, 1.82) is 5.26 Å². The lowest BCUT2D eigenvalue weighted by Crippen LogP contribution is -2.35. The molecule has 0 aliphatic heterocycles. The van der Waals surface area contributed by atoms with Crippen molar-refractivity contribution in [2.45, 2.75) is 25.4 Å². The molecule has 19 heavy (non-hydrogen) atoms. The third kappa shape index (κ3) is 4.83. The molecule has 0 fully saturated rings. The standard InChI is InChI=1S/C14H19FN2OS/c1-10(17-12(9-18)5-6-19-2)13-4-3-11(8-16)7-14(13)15/h3-4,7,10,12,17-18H,5-6,9H2,1-2H3. The average Bonchev–Trinajstić information content (AvgIpc) is 2.42. The molecule has 1 aromatic rings. The molecule has 0 amide bonds. The first-order valence-corrected chi connectivity index (χ1v) is 7.57. The highest BCUT2D eigenvalue weighted by molar-refractivity contribution is 7.98. The molecule has 0 heterocycles. The number of aliphatic hydroxyl groups is 1. The Hall–Kier alpha value is -1.09. The minimum absolute atomic E-state index is 0.0306. The van der Waals surface area contributed by atoms with Crippen LogP contribution in [-0.2, 0) is 0 Å². The van der Waals surface area contributed by atoms with Crippen LogP contribution in [-0.4, -0.2) is 29.8 Å². The van der Waals surface area contributed by atoms with Gasteiger partial charge in [0.1, 0.15) is 5.82 Å². The summed E-state index contributed by atoms with van der Waals surface area (Å²) in [6.45, 7) is 1.88. The van der Waals surface area contributed by atoms with Crippen LogP contribution in [0.3, 0.4) is 0 Å². The summed E-state index contributed by atoms with van der Waals surface area (Å²) in [6.07, 6.45) is 2.85. The molecule has 0 aliphatic rings. The molecule has 2 N–H and O–H groups in total. The highest BCUT2D eigenvalue weighted by Crippen LogP contribution is 2.19. The fraction of sp³-hybridized carbons (Fsp3) is 0.500. The van der Waals surface area contributed by atoms with Crippen LogP contribution >= 0.6 is 11.8 Å². The van der Waals surface area contributed by atoms with Crippen LogP contribution in [0.4, 0.5) is 4.39 Å². The summed E-state index contributed by atoms with van der Waals surface area (Å²) in [5.74, 6) is 0.557. The Balaban J connectivity index is 2.71. The lowest BCUT2D eigenvalue weighted by molar-refractivity contribution is 0.230. The topological polar surface area (TPSA) is 56.0 Å². The molecule has 0 saturated heterocycles. The fourth-order valence-electron chi connectivity index (χ4n) is 1.88. The summed E-state index contributed by atoms with van der Waals surface area (Å²) >= 11 is 1.72. The van der Waals surface area contributed by atoms with Crippen molar-refractivity contribution in [2.75, 3.05) is 18.6 Å². The quantitative estimate of drug-likeness (QED) is 0.806. The van der Waals surface area contributed by atoms with Gasteiger partial charge in [-0.2, -0.15) is 17.0 Å². The van der Waals surface area contributed by atoms with Gasteiger partial charge >= 0.3 is 0 Å². The Kier molecular flexibility index (Phi) is 6.85. The zero-order valence-electron chi connectivity index (χ0n) is 11.2. The Morgan fingerprint density at radius 2 is 2.26 bits per heavy atom. The fourth-order valence-corrected chi connectivity index (χ4v) is 2.40. The molecular formula is C14H19FN2OS. The number of benzene rings is 1. The number of thioether (sulfide) groups is 1. The van der Waals surface area contributed by atoms with E-state index in [1.54, 1.807) is 23.9 Å². The summed E-state index contributed by atoms with van der Waals surface area (Å²) in [7, 11) is 0. The van der Waals surface area contributed by atoms with Gasteiger partial charge in [0.15, 0.2) is 0 Å². The van der Waals surface area contributed by atoms with Crippen LogP contribution in [0, 0.1) is 17.1 Å². The van der Waals surface area contributed by atoms with Crippen molar-refractivity contribution in [3.8, 4) is 6.07 Å². The van der Waals surface area contributed by atoms with E-state index in [0.717, 1.165) is 12.2 Å². The van der Waals surface area contributed by atoms with Crippen molar-refractivity contribution in [3.63, 3.8) is 0 Å². The maximum atomic E-state index is 13.8. The van der Waals surface area contributed by atoms with Gasteiger partial charge in [-0.05, 0) is 37.5 Å². The van der Waals surface area contributed by atoms with Gasteiger partial charge in [-0.15, -0.1) is 0 Å². The van der Waals surface area contributed by atoms with Crippen LogP contribution in [0.2, 0.25) is 0 Å². The second kappa shape index (κ2) is 8.16. The first-order chi connectivity index (χ1) is 9.12. The molecule has 1 rings (SSSR count). The maximum Gasteiger partial charge on any atom is 0.129 e. The zero-order chi connectivity index (χ0) is 14.3. The number of nitrogens with one attached hydrogen (secondary N) is 1. The van der Waals surface area contributed by atoms with Gasteiger partial charge in [0, 0.05) is 17.6 Å². The molecule has 0 radical (unpaired) electrons. The van der Waals surface area contributed by atoms with Crippen LogP contribution < -0.4 is 5.32 Å². The SMILES string of the molecule is CSCCC(CO)NC(C)c1ccc(C#N)cc1F. The Labute approximate surface area is 117 Å². The number of aliphatic hydroxyl groups excluding tert-OH is 1. The molecule has 0 saturated carbocycles. The number of hydrogen-bond acceptors (Lipinski definition) is 4. The summed E-state index contributed by atoms with van der Waals surface area (Å²) in [5, 5.41) is 21.2. The minimum Gasteiger partial charge on any atom is -0.395 e.